The van der Waals surface area contributed by atoms with Crippen LogP contribution in [0, 0.1) is 0 Å². The van der Waals surface area contributed by atoms with E-state index in [0.29, 0.717) is 34.6 Å². The number of aliphatic imine (C=N–C) groups is 1. The molecule has 0 aliphatic carbocycles. The monoisotopic (exact) mass is 405 g/mol. The van der Waals surface area contributed by atoms with Gasteiger partial charge in [-0.05, 0) is 49.7 Å². The summed E-state index contributed by atoms with van der Waals surface area (Å²) in [5.74, 6) is 1.86. The molecule has 0 fully saturated rings. The standard InChI is InChI=1S/C21H28ClN3O3/c1-5-23-21(25-14(2)15-6-8-16(22)9-7-15)24-13-19(26)18-12-17(27-3)10-11-20(18)28-4/h6-12,14,19,26H,5,13H2,1-4H3,(H2,23,24,25). The molecule has 2 atom stereocenters. The summed E-state index contributed by atoms with van der Waals surface area (Å²) >= 11 is 5.96. The first kappa shape index (κ1) is 21.9. The molecule has 0 aromatic heterocycles. The minimum absolute atomic E-state index is 0.0264. The third-order valence-electron chi connectivity index (χ3n) is 4.29. The maximum Gasteiger partial charge on any atom is 0.191 e. The molecule has 6 nitrogen and oxygen atoms in total. The maximum absolute atomic E-state index is 10.6. The third-order valence-corrected chi connectivity index (χ3v) is 4.54. The van der Waals surface area contributed by atoms with E-state index in [1.54, 1.807) is 32.4 Å². The second-order valence-corrected chi connectivity index (χ2v) is 6.70. The molecule has 0 saturated carbocycles. The Bertz CT molecular complexity index is 781. The van der Waals surface area contributed by atoms with Gasteiger partial charge in [-0.2, -0.15) is 0 Å². The number of methoxy groups -OCH3 is 2. The van der Waals surface area contributed by atoms with Gasteiger partial charge in [-0.1, -0.05) is 23.7 Å². The zero-order chi connectivity index (χ0) is 20.5. The van der Waals surface area contributed by atoms with Gasteiger partial charge in [0.2, 0.25) is 0 Å². The smallest absolute Gasteiger partial charge is 0.191 e. The quantitative estimate of drug-likeness (QED) is 0.461. The first-order chi connectivity index (χ1) is 13.5. The molecule has 2 unspecified atom stereocenters. The van der Waals surface area contributed by atoms with Crippen LogP contribution in [0.5, 0.6) is 11.5 Å². The molecule has 28 heavy (non-hydrogen) atoms. The first-order valence-corrected chi connectivity index (χ1v) is 9.56. The molecule has 0 bridgehead atoms. The molecule has 2 aromatic rings. The number of halogens is 1. The molecule has 7 heteroatoms. The summed E-state index contributed by atoms with van der Waals surface area (Å²) in [6.45, 7) is 4.91. The zero-order valence-electron chi connectivity index (χ0n) is 16.7. The van der Waals surface area contributed by atoms with Crippen LogP contribution in [0.1, 0.15) is 37.1 Å². The van der Waals surface area contributed by atoms with Crippen molar-refractivity contribution in [2.45, 2.75) is 26.0 Å². The Hall–Kier alpha value is -2.44. The van der Waals surface area contributed by atoms with E-state index in [2.05, 4.69) is 15.6 Å². The van der Waals surface area contributed by atoms with E-state index < -0.39 is 6.10 Å². The van der Waals surface area contributed by atoms with E-state index in [1.807, 2.05) is 38.1 Å². The van der Waals surface area contributed by atoms with Gasteiger partial charge in [0.15, 0.2) is 5.96 Å². The van der Waals surface area contributed by atoms with Crippen LogP contribution in [0.25, 0.3) is 0 Å². The average molecular weight is 406 g/mol. The van der Waals surface area contributed by atoms with Crippen molar-refractivity contribution in [2.24, 2.45) is 4.99 Å². The molecular weight excluding hydrogens is 378 g/mol. The molecular formula is C21H28ClN3O3. The second kappa shape index (κ2) is 10.8. The molecule has 0 aliphatic rings. The van der Waals surface area contributed by atoms with Crippen molar-refractivity contribution >= 4 is 17.6 Å². The Morgan fingerprint density at radius 1 is 1.14 bits per heavy atom. The molecule has 0 aliphatic heterocycles. The molecule has 3 N–H and O–H groups in total. The predicted molar refractivity (Wildman–Crippen MR) is 113 cm³/mol. The van der Waals surface area contributed by atoms with Gasteiger partial charge in [-0.15, -0.1) is 0 Å². The van der Waals surface area contributed by atoms with Crippen LogP contribution >= 0.6 is 11.6 Å². The maximum atomic E-state index is 10.6. The molecule has 152 valence electrons. The molecule has 2 aromatic carbocycles. The van der Waals surface area contributed by atoms with Gasteiger partial charge in [0.25, 0.3) is 0 Å². The van der Waals surface area contributed by atoms with E-state index in [1.165, 1.54) is 0 Å². The summed E-state index contributed by atoms with van der Waals surface area (Å²) in [5, 5.41) is 17.9. The lowest BCUT2D eigenvalue weighted by atomic mass is 10.1. The lowest BCUT2D eigenvalue weighted by molar-refractivity contribution is 0.182. The van der Waals surface area contributed by atoms with Crippen LogP contribution in [0.3, 0.4) is 0 Å². The number of hydrogen-bond donors (Lipinski definition) is 3. The van der Waals surface area contributed by atoms with Crippen molar-refractivity contribution < 1.29 is 14.6 Å². The Kier molecular flexibility index (Phi) is 8.42. The minimum Gasteiger partial charge on any atom is -0.497 e. The van der Waals surface area contributed by atoms with Gasteiger partial charge in [0.1, 0.15) is 17.6 Å². The summed E-state index contributed by atoms with van der Waals surface area (Å²) < 4.78 is 10.6. The highest BCUT2D eigenvalue weighted by Crippen LogP contribution is 2.29. The number of rotatable bonds is 8. The Morgan fingerprint density at radius 2 is 1.86 bits per heavy atom. The summed E-state index contributed by atoms with van der Waals surface area (Å²) in [7, 11) is 3.15. The zero-order valence-corrected chi connectivity index (χ0v) is 17.5. The number of ether oxygens (including phenoxy) is 2. The van der Waals surface area contributed by atoms with Crippen LogP contribution < -0.4 is 20.1 Å². The Balaban J connectivity index is 2.12. The molecule has 0 saturated heterocycles. The lowest BCUT2D eigenvalue weighted by Crippen LogP contribution is -2.39. The molecule has 0 spiro atoms. The van der Waals surface area contributed by atoms with Gasteiger partial charge in [0, 0.05) is 17.1 Å². The summed E-state index contributed by atoms with van der Waals surface area (Å²) in [6.07, 6.45) is -0.827. The summed E-state index contributed by atoms with van der Waals surface area (Å²) in [6, 6.07) is 13.0. The summed E-state index contributed by atoms with van der Waals surface area (Å²) in [4.78, 5) is 4.53. The van der Waals surface area contributed by atoms with E-state index >= 15 is 0 Å². The fourth-order valence-corrected chi connectivity index (χ4v) is 2.86. The third kappa shape index (κ3) is 6.04. The van der Waals surface area contributed by atoms with Crippen LogP contribution in [0.4, 0.5) is 0 Å². The van der Waals surface area contributed by atoms with Crippen molar-refractivity contribution in [3.05, 3.63) is 58.6 Å². The highest BCUT2D eigenvalue weighted by molar-refractivity contribution is 6.30. The Labute approximate surface area is 171 Å². The van der Waals surface area contributed by atoms with Gasteiger partial charge in [0.05, 0.1) is 26.8 Å². The molecule has 0 radical (unpaired) electrons. The number of nitrogens with one attached hydrogen (secondary N) is 2. The van der Waals surface area contributed by atoms with E-state index in [9.17, 15) is 5.11 Å². The summed E-state index contributed by atoms with van der Waals surface area (Å²) in [5.41, 5.74) is 1.72. The van der Waals surface area contributed by atoms with Crippen LogP contribution in [0.15, 0.2) is 47.5 Å². The average Bonchev–Trinajstić information content (AvgIpc) is 2.71. The molecule has 0 heterocycles. The minimum atomic E-state index is -0.827. The van der Waals surface area contributed by atoms with Crippen molar-refractivity contribution in [3.8, 4) is 11.5 Å². The second-order valence-electron chi connectivity index (χ2n) is 6.26. The van der Waals surface area contributed by atoms with Crippen molar-refractivity contribution in [1.29, 1.82) is 0 Å². The van der Waals surface area contributed by atoms with E-state index in [0.717, 1.165) is 5.56 Å². The van der Waals surface area contributed by atoms with Gasteiger partial charge < -0.3 is 25.2 Å². The van der Waals surface area contributed by atoms with E-state index in [4.69, 9.17) is 21.1 Å². The number of benzene rings is 2. The fraction of sp³-hybridized carbons (Fsp3) is 0.381. The molecule has 0 amide bonds. The highest BCUT2D eigenvalue weighted by atomic mass is 35.5. The normalized spacial score (nSPS) is 13.6. The SMILES string of the molecule is CCNC(=NCC(O)c1cc(OC)ccc1OC)NC(C)c1ccc(Cl)cc1. The van der Waals surface area contributed by atoms with Gasteiger partial charge in [-0.3, -0.25) is 4.99 Å². The molecule has 2 rings (SSSR count). The number of nitrogens with zero attached hydrogens (tertiary/aromatic N) is 1. The van der Waals surface area contributed by atoms with Gasteiger partial charge in [-0.25, -0.2) is 0 Å². The van der Waals surface area contributed by atoms with Crippen molar-refractivity contribution in [2.75, 3.05) is 27.3 Å². The Morgan fingerprint density at radius 3 is 2.46 bits per heavy atom. The van der Waals surface area contributed by atoms with E-state index in [-0.39, 0.29) is 12.6 Å². The first-order valence-electron chi connectivity index (χ1n) is 9.18. The van der Waals surface area contributed by atoms with Crippen molar-refractivity contribution in [1.82, 2.24) is 10.6 Å². The number of hydrogen-bond acceptors (Lipinski definition) is 4. The van der Waals surface area contributed by atoms with Crippen LogP contribution in [-0.2, 0) is 0 Å². The topological polar surface area (TPSA) is 75.1 Å². The predicted octanol–water partition coefficient (Wildman–Crippen LogP) is 3.71. The van der Waals surface area contributed by atoms with Gasteiger partial charge >= 0.3 is 0 Å². The number of aliphatic hydroxyl groups is 1. The number of guanidine groups is 1. The highest BCUT2D eigenvalue weighted by Gasteiger charge is 2.15. The van der Waals surface area contributed by atoms with Crippen LogP contribution in [-0.4, -0.2) is 38.4 Å². The van der Waals surface area contributed by atoms with Crippen LogP contribution in [0.2, 0.25) is 5.02 Å². The fourth-order valence-electron chi connectivity index (χ4n) is 2.74. The number of aliphatic hydroxyl groups excluding tert-OH is 1. The lowest BCUT2D eigenvalue weighted by Gasteiger charge is -2.19. The largest absolute Gasteiger partial charge is 0.497 e. The van der Waals surface area contributed by atoms with Crippen molar-refractivity contribution in [3.63, 3.8) is 0 Å².